The van der Waals surface area contributed by atoms with Gasteiger partial charge in [0.1, 0.15) is 0 Å². The molecule has 74 valence electrons. The first-order valence-electron chi connectivity index (χ1n) is 4.84. The Bertz CT molecular complexity index is 235. The highest BCUT2D eigenvalue weighted by Crippen LogP contribution is 2.70. The maximum absolute atomic E-state index is 9.91. The van der Waals surface area contributed by atoms with Gasteiger partial charge in [-0.05, 0) is 23.7 Å². The van der Waals surface area contributed by atoms with Crippen LogP contribution in [0.15, 0.2) is 0 Å². The SMILES string of the molecule is C[C@H](C#N)[C@H](O)C1C(C)(C)C1(C)C. The van der Waals surface area contributed by atoms with Gasteiger partial charge in [-0.1, -0.05) is 27.7 Å². The lowest BCUT2D eigenvalue weighted by Gasteiger charge is -2.14. The van der Waals surface area contributed by atoms with E-state index in [1.54, 1.807) is 6.92 Å². The predicted molar refractivity (Wildman–Crippen MR) is 51.8 cm³/mol. The van der Waals surface area contributed by atoms with Crippen LogP contribution in [0.25, 0.3) is 0 Å². The Hall–Kier alpha value is -0.550. The Morgan fingerprint density at radius 1 is 1.23 bits per heavy atom. The third kappa shape index (κ3) is 1.26. The highest BCUT2D eigenvalue weighted by Gasteiger charge is 2.67. The molecule has 0 bridgehead atoms. The van der Waals surface area contributed by atoms with E-state index in [0.717, 1.165) is 0 Å². The number of nitriles is 1. The van der Waals surface area contributed by atoms with E-state index in [9.17, 15) is 5.11 Å². The normalized spacial score (nSPS) is 29.0. The molecular weight excluding hydrogens is 162 g/mol. The van der Waals surface area contributed by atoms with Crippen molar-refractivity contribution in [3.63, 3.8) is 0 Å². The smallest absolute Gasteiger partial charge is 0.0734 e. The molecule has 2 nitrogen and oxygen atoms in total. The minimum Gasteiger partial charge on any atom is -0.391 e. The quantitative estimate of drug-likeness (QED) is 0.709. The van der Waals surface area contributed by atoms with E-state index < -0.39 is 6.10 Å². The summed E-state index contributed by atoms with van der Waals surface area (Å²) < 4.78 is 0. The molecule has 0 aliphatic heterocycles. The van der Waals surface area contributed by atoms with Gasteiger partial charge in [0.25, 0.3) is 0 Å². The molecule has 0 saturated heterocycles. The van der Waals surface area contributed by atoms with Crippen LogP contribution in [0.4, 0.5) is 0 Å². The summed E-state index contributed by atoms with van der Waals surface area (Å²) in [6.45, 7) is 10.4. The second kappa shape index (κ2) is 2.72. The predicted octanol–water partition coefficient (Wildman–Crippen LogP) is 2.19. The summed E-state index contributed by atoms with van der Waals surface area (Å²) in [6.07, 6.45) is -0.477. The molecule has 0 radical (unpaired) electrons. The fourth-order valence-electron chi connectivity index (χ4n) is 2.47. The zero-order valence-corrected chi connectivity index (χ0v) is 9.13. The number of hydrogen-bond donors (Lipinski definition) is 1. The number of aliphatic hydroxyl groups is 1. The molecule has 1 aliphatic carbocycles. The maximum atomic E-state index is 9.91. The maximum Gasteiger partial charge on any atom is 0.0734 e. The molecule has 2 atom stereocenters. The molecule has 0 heterocycles. The highest BCUT2D eigenvalue weighted by molar-refractivity contribution is 5.16. The minimum atomic E-state index is -0.477. The van der Waals surface area contributed by atoms with Crippen molar-refractivity contribution in [2.75, 3.05) is 0 Å². The van der Waals surface area contributed by atoms with E-state index in [1.165, 1.54) is 0 Å². The first-order chi connectivity index (χ1) is 5.76. The van der Waals surface area contributed by atoms with Crippen molar-refractivity contribution in [1.82, 2.24) is 0 Å². The summed E-state index contributed by atoms with van der Waals surface area (Å²) in [5.74, 6) is 0.000648. The van der Waals surface area contributed by atoms with Gasteiger partial charge in [0.15, 0.2) is 0 Å². The lowest BCUT2D eigenvalue weighted by Crippen LogP contribution is -2.22. The van der Waals surface area contributed by atoms with Gasteiger partial charge in [0, 0.05) is 0 Å². The molecule has 0 aromatic heterocycles. The number of aliphatic hydroxyl groups excluding tert-OH is 1. The molecule has 1 saturated carbocycles. The van der Waals surface area contributed by atoms with Gasteiger partial charge in [-0.2, -0.15) is 5.26 Å². The van der Waals surface area contributed by atoms with Crippen molar-refractivity contribution >= 4 is 0 Å². The average molecular weight is 181 g/mol. The fourth-order valence-corrected chi connectivity index (χ4v) is 2.47. The van der Waals surface area contributed by atoms with Crippen LogP contribution in [-0.2, 0) is 0 Å². The zero-order chi connectivity index (χ0) is 10.4. The lowest BCUT2D eigenvalue weighted by molar-refractivity contribution is 0.0976. The van der Waals surface area contributed by atoms with Crippen LogP contribution in [-0.4, -0.2) is 11.2 Å². The van der Waals surface area contributed by atoms with Gasteiger partial charge < -0.3 is 5.11 Å². The molecule has 1 aliphatic rings. The van der Waals surface area contributed by atoms with Crippen molar-refractivity contribution in [3.8, 4) is 6.07 Å². The first kappa shape index (κ1) is 10.5. The minimum absolute atomic E-state index is 0.164. The highest BCUT2D eigenvalue weighted by atomic mass is 16.3. The van der Waals surface area contributed by atoms with Gasteiger partial charge in [-0.25, -0.2) is 0 Å². The average Bonchev–Trinajstić information content (AvgIpc) is 2.41. The van der Waals surface area contributed by atoms with Gasteiger partial charge in [0.05, 0.1) is 18.1 Å². The topological polar surface area (TPSA) is 44.0 Å². The Kier molecular flexibility index (Phi) is 2.20. The molecule has 0 aromatic rings. The Morgan fingerprint density at radius 2 is 1.62 bits per heavy atom. The first-order valence-corrected chi connectivity index (χ1v) is 4.84. The van der Waals surface area contributed by atoms with E-state index in [1.807, 2.05) is 0 Å². The zero-order valence-electron chi connectivity index (χ0n) is 9.13. The Morgan fingerprint density at radius 3 is 1.85 bits per heavy atom. The number of nitrogens with zero attached hydrogens (tertiary/aromatic N) is 1. The summed E-state index contributed by atoms with van der Waals surface area (Å²) in [4.78, 5) is 0. The van der Waals surface area contributed by atoms with Crippen molar-refractivity contribution in [2.24, 2.45) is 22.7 Å². The van der Waals surface area contributed by atoms with E-state index in [4.69, 9.17) is 5.26 Å². The molecule has 0 amide bonds. The van der Waals surface area contributed by atoms with Gasteiger partial charge in [-0.15, -0.1) is 0 Å². The number of hydrogen-bond acceptors (Lipinski definition) is 2. The van der Waals surface area contributed by atoms with Gasteiger partial charge in [-0.3, -0.25) is 0 Å². The standard InChI is InChI=1S/C11H19NO/c1-7(6-12)8(13)9-10(2,3)11(9,4)5/h7-9,13H,1-5H3/t7-,8+/m1/s1. The number of rotatable bonds is 2. The van der Waals surface area contributed by atoms with Crippen molar-refractivity contribution in [1.29, 1.82) is 5.26 Å². The van der Waals surface area contributed by atoms with Crippen LogP contribution in [0.2, 0.25) is 0 Å². The second-order valence-electron chi connectivity index (χ2n) is 5.33. The molecule has 1 rings (SSSR count). The molecule has 0 unspecified atom stereocenters. The fraction of sp³-hybridized carbons (Fsp3) is 0.909. The summed E-state index contributed by atoms with van der Waals surface area (Å²) in [7, 11) is 0. The molecule has 1 fully saturated rings. The van der Waals surface area contributed by atoms with Gasteiger partial charge >= 0.3 is 0 Å². The molecular formula is C11H19NO. The largest absolute Gasteiger partial charge is 0.391 e. The monoisotopic (exact) mass is 181 g/mol. The van der Waals surface area contributed by atoms with Crippen LogP contribution >= 0.6 is 0 Å². The van der Waals surface area contributed by atoms with Crippen molar-refractivity contribution in [2.45, 2.75) is 40.7 Å². The summed E-state index contributed by atoms with van der Waals surface area (Å²) in [5.41, 5.74) is 0.328. The van der Waals surface area contributed by atoms with Crippen LogP contribution in [0, 0.1) is 34.0 Å². The lowest BCUT2D eigenvalue weighted by atomic mass is 9.97. The van der Waals surface area contributed by atoms with Gasteiger partial charge in [0.2, 0.25) is 0 Å². The van der Waals surface area contributed by atoms with Crippen LogP contribution in [0.3, 0.4) is 0 Å². The second-order valence-corrected chi connectivity index (χ2v) is 5.33. The third-order valence-electron chi connectivity index (χ3n) is 4.19. The van der Waals surface area contributed by atoms with E-state index >= 15 is 0 Å². The summed E-state index contributed by atoms with van der Waals surface area (Å²) in [5, 5.41) is 18.6. The Labute approximate surface area is 80.6 Å². The Balaban J connectivity index is 2.74. The third-order valence-corrected chi connectivity index (χ3v) is 4.19. The molecule has 0 spiro atoms. The van der Waals surface area contributed by atoms with Crippen LogP contribution in [0.1, 0.15) is 34.6 Å². The van der Waals surface area contributed by atoms with Crippen molar-refractivity contribution in [3.05, 3.63) is 0 Å². The molecule has 1 N–H and O–H groups in total. The van der Waals surface area contributed by atoms with E-state index in [-0.39, 0.29) is 22.7 Å². The summed E-state index contributed by atoms with van der Waals surface area (Å²) in [6, 6.07) is 2.11. The molecule has 13 heavy (non-hydrogen) atoms. The van der Waals surface area contributed by atoms with Crippen LogP contribution in [0.5, 0.6) is 0 Å². The van der Waals surface area contributed by atoms with E-state index in [2.05, 4.69) is 33.8 Å². The summed E-state index contributed by atoms with van der Waals surface area (Å²) >= 11 is 0. The van der Waals surface area contributed by atoms with Crippen LogP contribution < -0.4 is 0 Å². The molecule has 2 heteroatoms. The van der Waals surface area contributed by atoms with Crippen molar-refractivity contribution < 1.29 is 5.11 Å². The molecule has 0 aromatic carbocycles. The van der Waals surface area contributed by atoms with E-state index in [0.29, 0.717) is 0 Å².